The lowest BCUT2D eigenvalue weighted by Crippen LogP contribution is -2.23. The Morgan fingerprint density at radius 3 is 2.44 bits per heavy atom. The van der Waals surface area contributed by atoms with Crippen molar-refractivity contribution in [2.45, 2.75) is 26.2 Å². The zero-order valence-electron chi connectivity index (χ0n) is 14.3. The number of benzene rings is 2. The average molecular weight is 338 g/mol. The normalized spacial score (nSPS) is 13.8. The summed E-state index contributed by atoms with van der Waals surface area (Å²) in [6.07, 6.45) is 2.47. The van der Waals surface area contributed by atoms with Crippen LogP contribution in [0.4, 0.5) is 11.4 Å². The molecule has 3 rings (SSSR count). The van der Waals surface area contributed by atoms with E-state index in [4.69, 9.17) is 4.74 Å². The number of nitrogens with zero attached hydrogens (tertiary/aromatic N) is 1. The van der Waals surface area contributed by atoms with Crippen LogP contribution in [0.2, 0.25) is 0 Å². The second kappa shape index (κ2) is 7.83. The molecule has 2 aromatic rings. The van der Waals surface area contributed by atoms with E-state index in [1.54, 1.807) is 17.0 Å². The lowest BCUT2D eigenvalue weighted by molar-refractivity contribution is -0.118. The number of ether oxygens (including phenoxy) is 1. The summed E-state index contributed by atoms with van der Waals surface area (Å²) in [7, 11) is 0. The number of rotatable bonds is 6. The van der Waals surface area contributed by atoms with E-state index in [2.05, 4.69) is 12.2 Å². The van der Waals surface area contributed by atoms with Gasteiger partial charge in [-0.3, -0.25) is 9.59 Å². The summed E-state index contributed by atoms with van der Waals surface area (Å²) in [5.41, 5.74) is 2.78. The Balaban J connectivity index is 1.51. The maximum Gasteiger partial charge on any atom is 0.262 e. The van der Waals surface area contributed by atoms with Crippen LogP contribution >= 0.6 is 0 Å². The van der Waals surface area contributed by atoms with Gasteiger partial charge in [-0.25, -0.2) is 0 Å². The maximum atomic E-state index is 12.0. The fraction of sp³-hybridized carbons (Fsp3) is 0.300. The van der Waals surface area contributed by atoms with Crippen LogP contribution in [0.15, 0.2) is 48.5 Å². The van der Waals surface area contributed by atoms with Gasteiger partial charge in [-0.15, -0.1) is 0 Å². The predicted molar refractivity (Wildman–Crippen MR) is 98.0 cm³/mol. The number of anilines is 2. The third kappa shape index (κ3) is 4.38. The highest BCUT2D eigenvalue weighted by molar-refractivity contribution is 5.96. The van der Waals surface area contributed by atoms with Gasteiger partial charge < -0.3 is 15.0 Å². The van der Waals surface area contributed by atoms with Gasteiger partial charge in [0, 0.05) is 24.3 Å². The second-order valence-corrected chi connectivity index (χ2v) is 6.03. The minimum Gasteiger partial charge on any atom is -0.484 e. The molecule has 0 spiro atoms. The molecule has 0 unspecified atom stereocenters. The molecule has 5 nitrogen and oxygen atoms in total. The number of nitrogens with one attached hydrogen (secondary N) is 1. The van der Waals surface area contributed by atoms with E-state index < -0.39 is 0 Å². The molecule has 1 aliphatic heterocycles. The lowest BCUT2D eigenvalue weighted by atomic mass is 10.2. The molecule has 1 saturated heterocycles. The molecule has 1 fully saturated rings. The van der Waals surface area contributed by atoms with Crippen molar-refractivity contribution in [2.75, 3.05) is 23.4 Å². The number of hydrogen-bond acceptors (Lipinski definition) is 3. The average Bonchev–Trinajstić information content (AvgIpc) is 3.07. The van der Waals surface area contributed by atoms with Crippen molar-refractivity contribution in [1.82, 2.24) is 0 Å². The predicted octanol–water partition coefficient (Wildman–Crippen LogP) is 3.39. The zero-order chi connectivity index (χ0) is 17.6. The number of aryl methyl sites for hydroxylation is 1. The quantitative estimate of drug-likeness (QED) is 0.878. The van der Waals surface area contributed by atoms with Crippen molar-refractivity contribution >= 4 is 23.2 Å². The van der Waals surface area contributed by atoms with Gasteiger partial charge in [0.25, 0.3) is 5.91 Å². The summed E-state index contributed by atoms with van der Waals surface area (Å²) in [5.74, 6) is 0.610. The molecule has 0 saturated carbocycles. The Bertz CT molecular complexity index is 739. The van der Waals surface area contributed by atoms with E-state index >= 15 is 0 Å². The second-order valence-electron chi connectivity index (χ2n) is 6.03. The molecule has 130 valence electrons. The smallest absolute Gasteiger partial charge is 0.262 e. The Labute approximate surface area is 147 Å². The molecule has 1 N–H and O–H groups in total. The highest BCUT2D eigenvalue weighted by Crippen LogP contribution is 2.23. The third-order valence-electron chi connectivity index (χ3n) is 4.24. The van der Waals surface area contributed by atoms with E-state index in [0.717, 1.165) is 25.1 Å². The van der Waals surface area contributed by atoms with E-state index in [1.165, 1.54) is 5.56 Å². The van der Waals surface area contributed by atoms with E-state index in [1.807, 2.05) is 36.4 Å². The molecular formula is C20H22N2O3. The molecule has 5 heteroatoms. The SMILES string of the molecule is CCc1ccc(OCC(=O)Nc2ccc(N3CCCC3=O)cc2)cc1. The van der Waals surface area contributed by atoms with Gasteiger partial charge in [0.1, 0.15) is 5.75 Å². The number of amides is 2. The molecular weight excluding hydrogens is 316 g/mol. The lowest BCUT2D eigenvalue weighted by Gasteiger charge is -2.16. The third-order valence-corrected chi connectivity index (χ3v) is 4.24. The van der Waals surface area contributed by atoms with Crippen molar-refractivity contribution in [3.63, 3.8) is 0 Å². The van der Waals surface area contributed by atoms with Crippen molar-refractivity contribution in [3.05, 3.63) is 54.1 Å². The minimum atomic E-state index is -0.218. The van der Waals surface area contributed by atoms with Crippen LogP contribution < -0.4 is 15.0 Å². The molecule has 0 aromatic heterocycles. The van der Waals surface area contributed by atoms with E-state index in [9.17, 15) is 9.59 Å². The van der Waals surface area contributed by atoms with Gasteiger partial charge in [0.2, 0.25) is 5.91 Å². The Hall–Kier alpha value is -2.82. The summed E-state index contributed by atoms with van der Waals surface area (Å²) in [6.45, 7) is 2.81. The molecule has 0 radical (unpaired) electrons. The molecule has 2 aromatic carbocycles. The molecule has 25 heavy (non-hydrogen) atoms. The van der Waals surface area contributed by atoms with Crippen molar-refractivity contribution < 1.29 is 14.3 Å². The number of carbonyl (C=O) groups is 2. The molecule has 2 amide bonds. The van der Waals surface area contributed by atoms with E-state index in [-0.39, 0.29) is 18.4 Å². The van der Waals surface area contributed by atoms with Crippen LogP contribution in [0.3, 0.4) is 0 Å². The first-order valence-electron chi connectivity index (χ1n) is 8.57. The van der Waals surface area contributed by atoms with Crippen LogP contribution in [0.5, 0.6) is 5.75 Å². The van der Waals surface area contributed by atoms with Crippen molar-refractivity contribution in [1.29, 1.82) is 0 Å². The molecule has 0 bridgehead atoms. The first-order valence-corrected chi connectivity index (χ1v) is 8.57. The van der Waals surface area contributed by atoms with Crippen LogP contribution in [0, 0.1) is 0 Å². The van der Waals surface area contributed by atoms with Gasteiger partial charge in [-0.05, 0) is 54.8 Å². The number of hydrogen-bond donors (Lipinski definition) is 1. The van der Waals surface area contributed by atoms with Gasteiger partial charge in [0.05, 0.1) is 0 Å². The van der Waals surface area contributed by atoms with Gasteiger partial charge in [-0.2, -0.15) is 0 Å². The molecule has 0 aliphatic carbocycles. The minimum absolute atomic E-state index is 0.0438. The van der Waals surface area contributed by atoms with Crippen molar-refractivity contribution in [2.24, 2.45) is 0 Å². The Kier molecular flexibility index (Phi) is 5.33. The fourth-order valence-corrected chi connectivity index (χ4v) is 2.81. The summed E-state index contributed by atoms with van der Waals surface area (Å²) in [4.78, 5) is 25.5. The van der Waals surface area contributed by atoms with Gasteiger partial charge in [-0.1, -0.05) is 19.1 Å². The topological polar surface area (TPSA) is 58.6 Å². The Morgan fingerprint density at radius 1 is 1.12 bits per heavy atom. The van der Waals surface area contributed by atoms with E-state index in [0.29, 0.717) is 17.9 Å². The highest BCUT2D eigenvalue weighted by atomic mass is 16.5. The van der Waals surface area contributed by atoms with Gasteiger partial charge in [0.15, 0.2) is 6.61 Å². The van der Waals surface area contributed by atoms with Crippen LogP contribution in [0.25, 0.3) is 0 Å². The summed E-state index contributed by atoms with van der Waals surface area (Å²) < 4.78 is 5.49. The number of carbonyl (C=O) groups excluding carboxylic acids is 2. The first-order chi connectivity index (χ1) is 12.2. The molecule has 0 atom stereocenters. The van der Waals surface area contributed by atoms with Crippen LogP contribution in [0.1, 0.15) is 25.3 Å². The standard InChI is InChI=1S/C20H22N2O3/c1-2-15-5-11-18(12-6-15)25-14-19(23)21-16-7-9-17(10-8-16)22-13-3-4-20(22)24/h5-12H,2-4,13-14H2,1H3,(H,21,23). The largest absolute Gasteiger partial charge is 0.484 e. The first kappa shape index (κ1) is 17.0. The molecule has 1 aliphatic rings. The van der Waals surface area contributed by atoms with Gasteiger partial charge >= 0.3 is 0 Å². The monoisotopic (exact) mass is 338 g/mol. The molecule has 1 heterocycles. The Morgan fingerprint density at radius 2 is 1.84 bits per heavy atom. The van der Waals surface area contributed by atoms with Crippen LogP contribution in [-0.2, 0) is 16.0 Å². The fourth-order valence-electron chi connectivity index (χ4n) is 2.81. The van der Waals surface area contributed by atoms with Crippen LogP contribution in [-0.4, -0.2) is 25.0 Å². The maximum absolute atomic E-state index is 12.0. The zero-order valence-corrected chi connectivity index (χ0v) is 14.3. The van der Waals surface area contributed by atoms with Crippen molar-refractivity contribution in [3.8, 4) is 5.75 Å². The summed E-state index contributed by atoms with van der Waals surface area (Å²) >= 11 is 0. The summed E-state index contributed by atoms with van der Waals surface area (Å²) in [5, 5.41) is 2.80. The summed E-state index contributed by atoms with van der Waals surface area (Å²) in [6, 6.07) is 15.0. The highest BCUT2D eigenvalue weighted by Gasteiger charge is 2.21.